The van der Waals surface area contributed by atoms with Gasteiger partial charge in [0.15, 0.2) is 0 Å². The summed E-state index contributed by atoms with van der Waals surface area (Å²) in [5, 5.41) is 0. The summed E-state index contributed by atoms with van der Waals surface area (Å²) in [5.41, 5.74) is 3.94. The molecule has 0 aliphatic rings. The van der Waals surface area contributed by atoms with Gasteiger partial charge in [-0.25, -0.2) is 0 Å². The van der Waals surface area contributed by atoms with Gasteiger partial charge in [0.05, 0.1) is 0 Å². The average molecular weight is 178 g/mol. The zero-order valence-electron chi connectivity index (χ0n) is 7.54. The van der Waals surface area contributed by atoms with Gasteiger partial charge >= 0.3 is 0 Å². The van der Waals surface area contributed by atoms with E-state index in [0.29, 0.717) is 0 Å². The Morgan fingerprint density at radius 3 is 2.75 bits per heavy atom. The molecule has 0 saturated heterocycles. The van der Waals surface area contributed by atoms with Crippen LogP contribution in [0.1, 0.15) is 23.6 Å². The van der Waals surface area contributed by atoms with Crippen molar-refractivity contribution in [2.75, 3.05) is 0 Å². The molecule has 12 heavy (non-hydrogen) atoms. The Bertz CT molecular complexity index is 287. The van der Waals surface area contributed by atoms with Crippen LogP contribution in [0, 0.1) is 6.92 Å². The first-order valence-electron chi connectivity index (χ1n) is 4.11. The van der Waals surface area contributed by atoms with E-state index >= 15 is 0 Å². The third-order valence-corrected chi connectivity index (χ3v) is 2.26. The smallest absolute Gasteiger partial charge is 0.0160 e. The molecule has 0 N–H and O–H groups in total. The van der Waals surface area contributed by atoms with Crippen molar-refractivity contribution in [2.45, 2.75) is 19.6 Å². The minimum absolute atomic E-state index is 0.807. The second kappa shape index (κ2) is 4.36. The van der Waals surface area contributed by atoms with Crippen molar-refractivity contribution in [1.82, 2.24) is 0 Å². The van der Waals surface area contributed by atoms with Crippen LogP contribution in [-0.2, 0) is 5.75 Å². The van der Waals surface area contributed by atoms with E-state index in [1.54, 1.807) is 0 Å². The van der Waals surface area contributed by atoms with Crippen molar-refractivity contribution in [2.24, 2.45) is 0 Å². The van der Waals surface area contributed by atoms with Crippen LogP contribution in [0.25, 0.3) is 6.08 Å². The van der Waals surface area contributed by atoms with Gasteiger partial charge < -0.3 is 0 Å². The summed E-state index contributed by atoms with van der Waals surface area (Å²) in [4.78, 5) is 0. The summed E-state index contributed by atoms with van der Waals surface area (Å²) in [7, 11) is 0. The molecule has 0 bridgehead atoms. The van der Waals surface area contributed by atoms with Crippen LogP contribution in [0.4, 0.5) is 0 Å². The van der Waals surface area contributed by atoms with E-state index in [2.05, 4.69) is 49.9 Å². The van der Waals surface area contributed by atoms with Gasteiger partial charge in [-0.3, -0.25) is 0 Å². The van der Waals surface area contributed by atoms with Gasteiger partial charge in [0.25, 0.3) is 0 Å². The van der Waals surface area contributed by atoms with Crippen LogP contribution in [-0.4, -0.2) is 0 Å². The summed E-state index contributed by atoms with van der Waals surface area (Å²) in [6, 6.07) is 6.32. The summed E-state index contributed by atoms with van der Waals surface area (Å²) in [5.74, 6) is 0.807. The number of benzene rings is 1. The maximum Gasteiger partial charge on any atom is 0.0160 e. The second-order valence-corrected chi connectivity index (χ2v) is 3.12. The lowest BCUT2D eigenvalue weighted by Crippen LogP contribution is -1.87. The molecule has 0 atom stereocenters. The zero-order valence-corrected chi connectivity index (χ0v) is 8.44. The van der Waals surface area contributed by atoms with E-state index in [1.807, 2.05) is 6.92 Å². The maximum atomic E-state index is 4.29. The number of hydrogen-bond acceptors (Lipinski definition) is 1. The number of aryl methyl sites for hydroxylation is 1. The van der Waals surface area contributed by atoms with E-state index in [9.17, 15) is 0 Å². The predicted octanol–water partition coefficient (Wildman–Crippen LogP) is 3.46. The molecular formula is C11H14S. The van der Waals surface area contributed by atoms with Gasteiger partial charge in [0.1, 0.15) is 0 Å². The highest BCUT2D eigenvalue weighted by Gasteiger charge is 1.98. The number of thiol groups is 1. The SMILES string of the molecule is C/C=C\c1c(C)cccc1CS. The highest BCUT2D eigenvalue weighted by molar-refractivity contribution is 7.79. The highest BCUT2D eigenvalue weighted by atomic mass is 32.1. The quantitative estimate of drug-likeness (QED) is 0.659. The highest BCUT2D eigenvalue weighted by Crippen LogP contribution is 2.17. The summed E-state index contributed by atoms with van der Waals surface area (Å²) < 4.78 is 0. The molecule has 0 radical (unpaired) electrons. The lowest BCUT2D eigenvalue weighted by molar-refractivity contribution is 1.33. The molecule has 0 spiro atoms. The molecule has 64 valence electrons. The second-order valence-electron chi connectivity index (χ2n) is 2.81. The zero-order chi connectivity index (χ0) is 8.97. The molecule has 1 aromatic rings. The average Bonchev–Trinajstić information content (AvgIpc) is 2.09. The van der Waals surface area contributed by atoms with Crippen LogP contribution >= 0.6 is 12.6 Å². The third-order valence-electron chi connectivity index (χ3n) is 1.92. The topological polar surface area (TPSA) is 0 Å². The van der Waals surface area contributed by atoms with E-state index in [0.717, 1.165) is 5.75 Å². The lowest BCUT2D eigenvalue weighted by Gasteiger charge is -2.05. The maximum absolute atomic E-state index is 4.29. The van der Waals surface area contributed by atoms with Crippen LogP contribution in [0.15, 0.2) is 24.3 Å². The van der Waals surface area contributed by atoms with Crippen LogP contribution < -0.4 is 0 Å². The first-order valence-corrected chi connectivity index (χ1v) is 4.75. The summed E-state index contributed by atoms with van der Waals surface area (Å²) in [6.45, 7) is 4.16. The number of hydrogen-bond donors (Lipinski definition) is 1. The van der Waals surface area contributed by atoms with Crippen LogP contribution in [0.3, 0.4) is 0 Å². The molecule has 1 rings (SSSR count). The molecule has 0 fully saturated rings. The molecule has 0 saturated carbocycles. The van der Waals surface area contributed by atoms with Crippen molar-refractivity contribution in [1.29, 1.82) is 0 Å². The first kappa shape index (κ1) is 9.40. The predicted molar refractivity (Wildman–Crippen MR) is 58.6 cm³/mol. The van der Waals surface area contributed by atoms with Gasteiger partial charge in [0, 0.05) is 5.75 Å². The lowest BCUT2D eigenvalue weighted by atomic mass is 10.0. The fourth-order valence-corrected chi connectivity index (χ4v) is 1.56. The van der Waals surface area contributed by atoms with Gasteiger partial charge in [-0.15, -0.1) is 0 Å². The largest absolute Gasteiger partial charge is 0.175 e. The molecule has 0 heterocycles. The Morgan fingerprint density at radius 2 is 2.17 bits per heavy atom. The number of allylic oxidation sites excluding steroid dienone is 1. The van der Waals surface area contributed by atoms with E-state index in [4.69, 9.17) is 0 Å². The molecule has 1 aromatic carbocycles. The summed E-state index contributed by atoms with van der Waals surface area (Å²) >= 11 is 4.29. The van der Waals surface area contributed by atoms with Crippen molar-refractivity contribution < 1.29 is 0 Å². The van der Waals surface area contributed by atoms with E-state index < -0.39 is 0 Å². The van der Waals surface area contributed by atoms with Crippen molar-refractivity contribution in [3.8, 4) is 0 Å². The molecule has 0 unspecified atom stereocenters. The van der Waals surface area contributed by atoms with Crippen LogP contribution in [0.2, 0.25) is 0 Å². The standard InChI is InChI=1S/C11H14S/c1-3-5-11-9(2)6-4-7-10(11)8-12/h3-7,12H,8H2,1-2H3/b5-3-. The minimum atomic E-state index is 0.807. The van der Waals surface area contributed by atoms with Crippen molar-refractivity contribution >= 4 is 18.7 Å². The van der Waals surface area contributed by atoms with Gasteiger partial charge in [0.2, 0.25) is 0 Å². The molecule has 1 heteroatoms. The Kier molecular flexibility index (Phi) is 3.42. The first-order chi connectivity index (χ1) is 5.79. The van der Waals surface area contributed by atoms with Gasteiger partial charge in [-0.05, 0) is 30.5 Å². The molecule has 0 amide bonds. The molecule has 0 nitrogen and oxygen atoms in total. The Morgan fingerprint density at radius 1 is 1.42 bits per heavy atom. The van der Waals surface area contributed by atoms with Crippen molar-refractivity contribution in [3.63, 3.8) is 0 Å². The minimum Gasteiger partial charge on any atom is -0.175 e. The molecule has 0 aliphatic carbocycles. The van der Waals surface area contributed by atoms with Gasteiger partial charge in [-0.1, -0.05) is 30.4 Å². The third kappa shape index (κ3) is 1.92. The fraction of sp³-hybridized carbons (Fsp3) is 0.273. The Hall–Kier alpha value is -0.690. The summed E-state index contributed by atoms with van der Waals surface area (Å²) in [6.07, 6.45) is 4.20. The Balaban J connectivity index is 3.19. The van der Waals surface area contributed by atoms with Crippen LogP contribution in [0.5, 0.6) is 0 Å². The van der Waals surface area contributed by atoms with E-state index in [-0.39, 0.29) is 0 Å². The normalized spacial score (nSPS) is 10.9. The molecule has 0 aliphatic heterocycles. The Labute approximate surface area is 79.7 Å². The number of rotatable bonds is 2. The fourth-order valence-electron chi connectivity index (χ4n) is 1.28. The van der Waals surface area contributed by atoms with E-state index in [1.165, 1.54) is 16.7 Å². The monoisotopic (exact) mass is 178 g/mol. The van der Waals surface area contributed by atoms with Gasteiger partial charge in [-0.2, -0.15) is 12.6 Å². The molecular weight excluding hydrogens is 164 g/mol. The van der Waals surface area contributed by atoms with Crippen molar-refractivity contribution in [3.05, 3.63) is 41.0 Å². The molecule has 0 aromatic heterocycles.